The molecule has 17 heavy (non-hydrogen) atoms. The standard InChI is InChI=1S/C13H16FN3/c1-3-4-5-12-15-13(17-16-12)11-7-6-10(14)8-9(11)2/h6-8H,3-5H2,1-2H3,(H,15,16,17). The molecule has 1 aromatic carbocycles. The Balaban J connectivity index is 2.24. The van der Waals surface area contributed by atoms with Crippen LogP contribution in [0.15, 0.2) is 18.2 Å². The van der Waals surface area contributed by atoms with Crippen LogP contribution in [-0.2, 0) is 6.42 Å². The number of nitrogens with one attached hydrogen (secondary N) is 1. The Morgan fingerprint density at radius 3 is 2.88 bits per heavy atom. The number of aromatic amines is 1. The van der Waals surface area contributed by atoms with Gasteiger partial charge in [0, 0.05) is 12.0 Å². The second kappa shape index (κ2) is 5.08. The highest BCUT2D eigenvalue weighted by Crippen LogP contribution is 2.20. The van der Waals surface area contributed by atoms with E-state index in [0.29, 0.717) is 5.82 Å². The van der Waals surface area contributed by atoms with E-state index in [-0.39, 0.29) is 5.82 Å². The van der Waals surface area contributed by atoms with Gasteiger partial charge in [-0.3, -0.25) is 5.10 Å². The summed E-state index contributed by atoms with van der Waals surface area (Å²) in [6.07, 6.45) is 3.13. The van der Waals surface area contributed by atoms with E-state index in [1.54, 1.807) is 6.07 Å². The van der Waals surface area contributed by atoms with Crippen LogP contribution in [-0.4, -0.2) is 15.2 Å². The second-order valence-electron chi connectivity index (χ2n) is 4.17. The van der Waals surface area contributed by atoms with Gasteiger partial charge >= 0.3 is 0 Å². The predicted octanol–water partition coefficient (Wildman–Crippen LogP) is 3.26. The Morgan fingerprint density at radius 1 is 1.35 bits per heavy atom. The Morgan fingerprint density at radius 2 is 2.18 bits per heavy atom. The molecule has 3 nitrogen and oxygen atoms in total. The van der Waals surface area contributed by atoms with Gasteiger partial charge in [0.2, 0.25) is 0 Å². The number of hydrogen-bond acceptors (Lipinski definition) is 2. The molecule has 2 aromatic rings. The fraction of sp³-hybridized carbons (Fsp3) is 0.385. The first kappa shape index (κ1) is 11.8. The van der Waals surface area contributed by atoms with Gasteiger partial charge < -0.3 is 0 Å². The molecule has 0 atom stereocenters. The Hall–Kier alpha value is -1.71. The maximum Gasteiger partial charge on any atom is 0.181 e. The molecule has 0 saturated heterocycles. The third-order valence-electron chi connectivity index (χ3n) is 2.73. The second-order valence-corrected chi connectivity index (χ2v) is 4.17. The van der Waals surface area contributed by atoms with Gasteiger partial charge in [-0.1, -0.05) is 13.3 Å². The van der Waals surface area contributed by atoms with Crippen molar-refractivity contribution < 1.29 is 4.39 Å². The lowest BCUT2D eigenvalue weighted by Crippen LogP contribution is -1.89. The third kappa shape index (κ3) is 2.70. The molecule has 0 aliphatic rings. The van der Waals surface area contributed by atoms with Crippen molar-refractivity contribution >= 4 is 0 Å². The number of aromatic nitrogens is 3. The number of aryl methyl sites for hydroxylation is 2. The molecule has 1 N–H and O–H groups in total. The molecular weight excluding hydrogens is 217 g/mol. The average Bonchev–Trinajstić information content (AvgIpc) is 2.75. The lowest BCUT2D eigenvalue weighted by atomic mass is 10.1. The topological polar surface area (TPSA) is 41.6 Å². The van der Waals surface area contributed by atoms with Crippen LogP contribution in [0.4, 0.5) is 4.39 Å². The number of H-pyrrole nitrogens is 1. The fourth-order valence-electron chi connectivity index (χ4n) is 1.75. The lowest BCUT2D eigenvalue weighted by Gasteiger charge is -2.00. The minimum atomic E-state index is -0.229. The number of benzene rings is 1. The molecule has 0 amide bonds. The number of unbranched alkanes of at least 4 members (excludes halogenated alkanes) is 1. The van der Waals surface area contributed by atoms with E-state index in [1.807, 2.05) is 6.92 Å². The largest absolute Gasteiger partial charge is 0.263 e. The molecular formula is C13H16FN3. The molecule has 2 rings (SSSR count). The Labute approximate surface area is 100 Å². The van der Waals surface area contributed by atoms with Crippen molar-refractivity contribution in [2.75, 3.05) is 0 Å². The first-order valence-electron chi connectivity index (χ1n) is 5.88. The monoisotopic (exact) mass is 233 g/mol. The van der Waals surface area contributed by atoms with E-state index in [1.165, 1.54) is 12.1 Å². The molecule has 0 aliphatic heterocycles. The average molecular weight is 233 g/mol. The zero-order chi connectivity index (χ0) is 12.3. The number of halogens is 1. The molecule has 1 heterocycles. The molecule has 0 bridgehead atoms. The molecule has 0 fully saturated rings. The van der Waals surface area contributed by atoms with Crippen molar-refractivity contribution in [3.8, 4) is 11.4 Å². The Kier molecular flexibility index (Phi) is 3.52. The lowest BCUT2D eigenvalue weighted by molar-refractivity contribution is 0.627. The van der Waals surface area contributed by atoms with Crippen LogP contribution < -0.4 is 0 Å². The molecule has 4 heteroatoms. The van der Waals surface area contributed by atoms with E-state index < -0.39 is 0 Å². The van der Waals surface area contributed by atoms with E-state index in [4.69, 9.17) is 0 Å². The van der Waals surface area contributed by atoms with Gasteiger partial charge in [0.05, 0.1) is 0 Å². The molecule has 0 spiro atoms. The van der Waals surface area contributed by atoms with E-state index in [9.17, 15) is 4.39 Å². The normalized spacial score (nSPS) is 10.8. The summed E-state index contributed by atoms with van der Waals surface area (Å²) < 4.78 is 13.0. The maximum atomic E-state index is 13.0. The van der Waals surface area contributed by atoms with Crippen molar-refractivity contribution in [3.05, 3.63) is 35.4 Å². The van der Waals surface area contributed by atoms with Crippen molar-refractivity contribution in [1.82, 2.24) is 15.2 Å². The van der Waals surface area contributed by atoms with Crippen molar-refractivity contribution in [2.45, 2.75) is 33.1 Å². The number of hydrogen-bond donors (Lipinski definition) is 1. The van der Waals surface area contributed by atoms with Crippen molar-refractivity contribution in [1.29, 1.82) is 0 Å². The van der Waals surface area contributed by atoms with Gasteiger partial charge in [-0.25, -0.2) is 9.37 Å². The highest BCUT2D eigenvalue weighted by Gasteiger charge is 2.08. The summed E-state index contributed by atoms with van der Waals surface area (Å²) in [6, 6.07) is 4.65. The molecule has 90 valence electrons. The third-order valence-corrected chi connectivity index (χ3v) is 2.73. The minimum Gasteiger partial charge on any atom is -0.263 e. The van der Waals surface area contributed by atoms with E-state index in [0.717, 1.165) is 36.2 Å². The van der Waals surface area contributed by atoms with E-state index >= 15 is 0 Å². The number of nitrogens with zero attached hydrogens (tertiary/aromatic N) is 2. The zero-order valence-electron chi connectivity index (χ0n) is 10.1. The summed E-state index contributed by atoms with van der Waals surface area (Å²) >= 11 is 0. The predicted molar refractivity (Wildman–Crippen MR) is 65.1 cm³/mol. The highest BCUT2D eigenvalue weighted by atomic mass is 19.1. The number of rotatable bonds is 4. The smallest absolute Gasteiger partial charge is 0.181 e. The van der Waals surface area contributed by atoms with Gasteiger partial charge in [0.15, 0.2) is 5.82 Å². The molecule has 0 saturated carbocycles. The summed E-state index contributed by atoms with van der Waals surface area (Å²) in [5.74, 6) is 1.31. The zero-order valence-corrected chi connectivity index (χ0v) is 10.1. The first-order chi connectivity index (χ1) is 8.20. The maximum absolute atomic E-state index is 13.0. The summed E-state index contributed by atoms with van der Waals surface area (Å²) in [5.41, 5.74) is 1.73. The minimum absolute atomic E-state index is 0.229. The van der Waals surface area contributed by atoms with Crippen LogP contribution in [0, 0.1) is 12.7 Å². The first-order valence-corrected chi connectivity index (χ1v) is 5.88. The van der Waals surface area contributed by atoms with Gasteiger partial charge in [-0.2, -0.15) is 5.10 Å². The molecule has 0 aliphatic carbocycles. The van der Waals surface area contributed by atoms with Crippen LogP contribution in [0.2, 0.25) is 0 Å². The van der Waals surface area contributed by atoms with E-state index in [2.05, 4.69) is 22.1 Å². The summed E-state index contributed by atoms with van der Waals surface area (Å²) in [5, 5.41) is 7.10. The van der Waals surface area contributed by atoms with Gasteiger partial charge in [0.1, 0.15) is 11.6 Å². The molecule has 1 aromatic heterocycles. The SMILES string of the molecule is CCCCc1nc(-c2ccc(F)cc2C)n[nH]1. The Bertz CT molecular complexity index is 505. The van der Waals surface area contributed by atoms with Crippen LogP contribution in [0.1, 0.15) is 31.2 Å². The van der Waals surface area contributed by atoms with Crippen molar-refractivity contribution in [3.63, 3.8) is 0 Å². The summed E-state index contributed by atoms with van der Waals surface area (Å²) in [7, 11) is 0. The van der Waals surface area contributed by atoms with Gasteiger partial charge in [0.25, 0.3) is 0 Å². The van der Waals surface area contributed by atoms with Crippen LogP contribution in [0.25, 0.3) is 11.4 Å². The van der Waals surface area contributed by atoms with Gasteiger partial charge in [-0.15, -0.1) is 0 Å². The van der Waals surface area contributed by atoms with Crippen LogP contribution in [0.5, 0.6) is 0 Å². The highest BCUT2D eigenvalue weighted by molar-refractivity contribution is 5.59. The summed E-state index contributed by atoms with van der Waals surface area (Å²) in [6.45, 7) is 4.00. The fourth-order valence-corrected chi connectivity index (χ4v) is 1.75. The van der Waals surface area contributed by atoms with Crippen molar-refractivity contribution in [2.24, 2.45) is 0 Å². The van der Waals surface area contributed by atoms with Crippen LogP contribution >= 0.6 is 0 Å². The molecule has 0 unspecified atom stereocenters. The quantitative estimate of drug-likeness (QED) is 0.880. The van der Waals surface area contributed by atoms with Gasteiger partial charge in [-0.05, 0) is 37.1 Å². The summed E-state index contributed by atoms with van der Waals surface area (Å²) in [4.78, 5) is 4.42. The molecule has 0 radical (unpaired) electrons. The van der Waals surface area contributed by atoms with Crippen LogP contribution in [0.3, 0.4) is 0 Å².